The SMILES string of the molecule is Cc1cc(Br)cc(C)c1-n1cc(C2CC2)cn1. The van der Waals surface area contributed by atoms with Gasteiger partial charge >= 0.3 is 0 Å². The highest BCUT2D eigenvalue weighted by Gasteiger charge is 2.25. The van der Waals surface area contributed by atoms with Gasteiger partial charge in [-0.2, -0.15) is 5.10 Å². The summed E-state index contributed by atoms with van der Waals surface area (Å²) in [7, 11) is 0. The molecular formula is C14H15BrN2. The number of aryl methyl sites for hydroxylation is 2. The number of aromatic nitrogens is 2. The number of halogens is 1. The molecule has 1 saturated carbocycles. The zero-order valence-electron chi connectivity index (χ0n) is 10.1. The maximum atomic E-state index is 4.50. The van der Waals surface area contributed by atoms with Gasteiger partial charge in [-0.1, -0.05) is 15.9 Å². The van der Waals surface area contributed by atoms with E-state index in [0.717, 1.165) is 10.4 Å². The smallest absolute Gasteiger partial charge is 0.0704 e. The van der Waals surface area contributed by atoms with E-state index in [1.807, 2.05) is 10.9 Å². The molecule has 0 saturated heterocycles. The number of benzene rings is 1. The minimum absolute atomic E-state index is 0.764. The van der Waals surface area contributed by atoms with Crippen molar-refractivity contribution in [3.63, 3.8) is 0 Å². The van der Waals surface area contributed by atoms with Gasteiger partial charge in [-0.15, -0.1) is 0 Å². The topological polar surface area (TPSA) is 17.8 Å². The molecule has 0 aliphatic heterocycles. The minimum atomic E-state index is 0.764. The van der Waals surface area contributed by atoms with Crippen LogP contribution in [0.3, 0.4) is 0 Å². The highest BCUT2D eigenvalue weighted by Crippen LogP contribution is 2.40. The predicted molar refractivity (Wildman–Crippen MR) is 72.7 cm³/mol. The lowest BCUT2D eigenvalue weighted by Crippen LogP contribution is -2.00. The summed E-state index contributed by atoms with van der Waals surface area (Å²) in [4.78, 5) is 0. The molecule has 0 unspecified atom stereocenters. The van der Waals surface area contributed by atoms with E-state index in [9.17, 15) is 0 Å². The average Bonchev–Trinajstić information content (AvgIpc) is 2.98. The molecule has 2 aromatic rings. The van der Waals surface area contributed by atoms with Crippen molar-refractivity contribution >= 4 is 15.9 Å². The molecule has 1 aliphatic carbocycles. The van der Waals surface area contributed by atoms with Crippen LogP contribution in [0.4, 0.5) is 0 Å². The van der Waals surface area contributed by atoms with Crippen LogP contribution < -0.4 is 0 Å². The highest BCUT2D eigenvalue weighted by molar-refractivity contribution is 9.10. The summed E-state index contributed by atoms with van der Waals surface area (Å²) in [6.45, 7) is 4.26. The molecule has 0 N–H and O–H groups in total. The first-order valence-electron chi connectivity index (χ1n) is 5.97. The van der Waals surface area contributed by atoms with Crippen LogP contribution in [-0.2, 0) is 0 Å². The number of hydrogen-bond acceptors (Lipinski definition) is 1. The molecule has 0 radical (unpaired) electrons. The Bertz CT molecular complexity index is 544. The minimum Gasteiger partial charge on any atom is -0.240 e. The molecule has 0 spiro atoms. The Kier molecular flexibility index (Phi) is 2.58. The van der Waals surface area contributed by atoms with Crippen molar-refractivity contribution in [3.8, 4) is 5.69 Å². The summed E-state index contributed by atoms with van der Waals surface area (Å²) in [5.41, 5.74) is 5.09. The molecule has 3 rings (SSSR count). The van der Waals surface area contributed by atoms with Gasteiger partial charge in [0, 0.05) is 10.7 Å². The maximum absolute atomic E-state index is 4.50. The number of hydrogen-bond donors (Lipinski definition) is 0. The Balaban J connectivity index is 2.07. The van der Waals surface area contributed by atoms with E-state index in [1.165, 1.54) is 35.2 Å². The third kappa shape index (κ3) is 2.04. The summed E-state index contributed by atoms with van der Waals surface area (Å²) >= 11 is 3.53. The molecule has 0 amide bonds. The van der Waals surface area contributed by atoms with Crippen LogP contribution in [0.5, 0.6) is 0 Å². The van der Waals surface area contributed by atoms with Gasteiger partial charge in [-0.25, -0.2) is 4.68 Å². The summed E-state index contributed by atoms with van der Waals surface area (Å²) in [5, 5.41) is 4.50. The largest absolute Gasteiger partial charge is 0.240 e. The van der Waals surface area contributed by atoms with Gasteiger partial charge in [-0.3, -0.25) is 0 Å². The molecular weight excluding hydrogens is 276 g/mol. The van der Waals surface area contributed by atoms with E-state index < -0.39 is 0 Å². The van der Waals surface area contributed by atoms with Crippen LogP contribution in [0.15, 0.2) is 29.0 Å². The molecule has 1 fully saturated rings. The fourth-order valence-electron chi connectivity index (χ4n) is 2.35. The van der Waals surface area contributed by atoms with Crippen LogP contribution >= 0.6 is 15.9 Å². The Morgan fingerprint density at radius 3 is 2.47 bits per heavy atom. The molecule has 88 valence electrons. The predicted octanol–water partition coefficient (Wildman–Crippen LogP) is 4.13. The van der Waals surface area contributed by atoms with Crippen LogP contribution in [-0.4, -0.2) is 9.78 Å². The second-order valence-electron chi connectivity index (χ2n) is 4.88. The quantitative estimate of drug-likeness (QED) is 0.813. The molecule has 0 atom stereocenters. The Morgan fingerprint density at radius 2 is 1.88 bits per heavy atom. The lowest BCUT2D eigenvalue weighted by molar-refractivity contribution is 0.863. The Hall–Kier alpha value is -1.09. The number of nitrogens with zero attached hydrogens (tertiary/aromatic N) is 2. The van der Waals surface area contributed by atoms with Gasteiger partial charge < -0.3 is 0 Å². The molecule has 3 heteroatoms. The Labute approximate surface area is 110 Å². The number of rotatable bonds is 2. The van der Waals surface area contributed by atoms with Crippen LogP contribution in [0.25, 0.3) is 5.69 Å². The summed E-state index contributed by atoms with van der Waals surface area (Å²) in [5.74, 6) is 0.764. The van der Waals surface area contributed by atoms with Gasteiger partial charge in [0.15, 0.2) is 0 Å². The zero-order valence-corrected chi connectivity index (χ0v) is 11.7. The molecule has 1 heterocycles. The Morgan fingerprint density at radius 1 is 1.24 bits per heavy atom. The summed E-state index contributed by atoms with van der Waals surface area (Å²) < 4.78 is 3.15. The molecule has 1 aliphatic rings. The van der Waals surface area contributed by atoms with Crippen LogP contribution in [0.2, 0.25) is 0 Å². The van der Waals surface area contributed by atoms with Crippen molar-refractivity contribution in [2.75, 3.05) is 0 Å². The average molecular weight is 291 g/mol. The van der Waals surface area contributed by atoms with Gasteiger partial charge in [-0.05, 0) is 61.4 Å². The van der Waals surface area contributed by atoms with Crippen molar-refractivity contribution in [1.29, 1.82) is 0 Å². The third-order valence-electron chi connectivity index (χ3n) is 3.34. The fourth-order valence-corrected chi connectivity index (χ4v) is 3.04. The van der Waals surface area contributed by atoms with Crippen LogP contribution in [0, 0.1) is 13.8 Å². The molecule has 1 aromatic heterocycles. The molecule has 17 heavy (non-hydrogen) atoms. The fraction of sp³-hybridized carbons (Fsp3) is 0.357. The lowest BCUT2D eigenvalue weighted by atomic mass is 10.1. The van der Waals surface area contributed by atoms with Crippen molar-refractivity contribution in [2.45, 2.75) is 32.6 Å². The summed E-state index contributed by atoms with van der Waals surface area (Å²) in [6, 6.07) is 4.28. The van der Waals surface area contributed by atoms with E-state index in [0.29, 0.717) is 0 Å². The van der Waals surface area contributed by atoms with E-state index in [4.69, 9.17) is 0 Å². The first-order chi connectivity index (χ1) is 8.15. The van der Waals surface area contributed by atoms with Crippen molar-refractivity contribution in [3.05, 3.63) is 45.7 Å². The maximum Gasteiger partial charge on any atom is 0.0704 e. The second kappa shape index (κ2) is 3.98. The van der Waals surface area contributed by atoms with E-state index in [1.54, 1.807) is 0 Å². The van der Waals surface area contributed by atoms with Crippen molar-refractivity contribution in [1.82, 2.24) is 9.78 Å². The van der Waals surface area contributed by atoms with Crippen molar-refractivity contribution < 1.29 is 0 Å². The van der Waals surface area contributed by atoms with Gasteiger partial charge in [0.25, 0.3) is 0 Å². The van der Waals surface area contributed by atoms with E-state index in [2.05, 4.69) is 53.2 Å². The van der Waals surface area contributed by atoms with Crippen molar-refractivity contribution in [2.24, 2.45) is 0 Å². The zero-order chi connectivity index (χ0) is 12.0. The molecule has 0 bridgehead atoms. The normalized spacial score (nSPS) is 15.2. The highest BCUT2D eigenvalue weighted by atomic mass is 79.9. The van der Waals surface area contributed by atoms with Gasteiger partial charge in [0.1, 0.15) is 0 Å². The summed E-state index contributed by atoms with van der Waals surface area (Å²) in [6.07, 6.45) is 6.84. The first-order valence-corrected chi connectivity index (χ1v) is 6.76. The van der Waals surface area contributed by atoms with E-state index >= 15 is 0 Å². The van der Waals surface area contributed by atoms with E-state index in [-0.39, 0.29) is 0 Å². The van der Waals surface area contributed by atoms with Gasteiger partial charge in [0.2, 0.25) is 0 Å². The second-order valence-corrected chi connectivity index (χ2v) is 5.80. The molecule has 1 aromatic carbocycles. The molecule has 2 nitrogen and oxygen atoms in total. The monoisotopic (exact) mass is 290 g/mol. The van der Waals surface area contributed by atoms with Gasteiger partial charge in [0.05, 0.1) is 11.9 Å². The van der Waals surface area contributed by atoms with Crippen LogP contribution in [0.1, 0.15) is 35.4 Å². The lowest BCUT2D eigenvalue weighted by Gasteiger charge is -2.10. The third-order valence-corrected chi connectivity index (χ3v) is 3.79. The standard InChI is InChI=1S/C14H15BrN2/c1-9-5-13(15)6-10(2)14(9)17-8-12(7-16-17)11-3-4-11/h5-8,11H,3-4H2,1-2H3. The first kappa shape index (κ1) is 11.0.